The van der Waals surface area contributed by atoms with Crippen LogP contribution >= 0.6 is 0 Å². The predicted octanol–water partition coefficient (Wildman–Crippen LogP) is 10.8. The van der Waals surface area contributed by atoms with Gasteiger partial charge in [-0.2, -0.15) is 0 Å². The summed E-state index contributed by atoms with van der Waals surface area (Å²) in [7, 11) is -3.24. The molecule has 3 aromatic heterocycles. The molecule has 15 rings (SSSR count). The number of aromatic nitrogens is 3. The normalized spacial score (nSPS) is 13.5. The van der Waals surface area contributed by atoms with E-state index in [1.54, 1.807) is 0 Å². The van der Waals surface area contributed by atoms with Crippen LogP contribution in [0.4, 0.5) is 22.7 Å². The van der Waals surface area contributed by atoms with Crippen LogP contribution in [0.2, 0.25) is 6.82 Å². The molecule has 0 saturated carbocycles. The second-order valence-corrected chi connectivity index (χ2v) is 22.4. The SMILES string of the molecule is CB1N(c2ccccc2-c2ccccn2)c2cc([Si](c3ccccc3)(c3ccccc3)c3cc4c5c(c3)c3ccccc3n5B3c5ccccc5-c5ccccc5N34)cc3c4ccccc4n1c23. The molecule has 0 bridgehead atoms. The van der Waals surface area contributed by atoms with Gasteiger partial charge in [0.05, 0.1) is 28.1 Å². The van der Waals surface area contributed by atoms with Crippen LogP contribution in [-0.2, 0) is 0 Å². The highest BCUT2D eigenvalue weighted by atomic mass is 28.3. The zero-order valence-electron chi connectivity index (χ0n) is 37.3. The molecule has 6 heterocycles. The van der Waals surface area contributed by atoms with E-state index in [4.69, 9.17) is 4.98 Å². The highest BCUT2D eigenvalue weighted by Crippen LogP contribution is 2.50. The van der Waals surface area contributed by atoms with E-state index in [1.807, 2.05) is 12.3 Å². The second-order valence-electron chi connectivity index (χ2n) is 18.6. The number of benzene rings is 9. The number of hydrogen-bond acceptors (Lipinski definition) is 3. The quantitative estimate of drug-likeness (QED) is 0.123. The zero-order chi connectivity index (χ0) is 44.7. The summed E-state index contributed by atoms with van der Waals surface area (Å²) in [5.41, 5.74) is 15.9. The molecule has 8 heteroatoms. The Morgan fingerprint density at radius 2 is 0.882 bits per heavy atom. The Labute approximate surface area is 396 Å². The summed E-state index contributed by atoms with van der Waals surface area (Å²) in [5.74, 6) is 0. The van der Waals surface area contributed by atoms with Crippen LogP contribution in [0.3, 0.4) is 0 Å². The number of fused-ring (bicyclic) bond motifs is 14. The molecule has 0 radical (unpaired) electrons. The van der Waals surface area contributed by atoms with Gasteiger partial charge in [-0.05, 0) is 87.1 Å². The van der Waals surface area contributed by atoms with E-state index in [9.17, 15) is 0 Å². The highest BCUT2D eigenvalue weighted by Gasteiger charge is 2.49. The highest BCUT2D eigenvalue weighted by molar-refractivity contribution is 7.20. The fourth-order valence-corrected chi connectivity index (χ4v) is 17.6. The van der Waals surface area contributed by atoms with Crippen LogP contribution in [0.1, 0.15) is 0 Å². The Morgan fingerprint density at radius 3 is 1.53 bits per heavy atom. The van der Waals surface area contributed by atoms with E-state index >= 15 is 0 Å². The third-order valence-corrected chi connectivity index (χ3v) is 20.1. The molecule has 0 saturated heterocycles. The van der Waals surface area contributed by atoms with Gasteiger partial charge in [-0.1, -0.05) is 176 Å². The van der Waals surface area contributed by atoms with E-state index in [0.717, 1.165) is 16.9 Å². The number of rotatable bonds is 6. The van der Waals surface area contributed by atoms with Crippen molar-refractivity contribution in [2.45, 2.75) is 6.82 Å². The molecule has 68 heavy (non-hydrogen) atoms. The summed E-state index contributed by atoms with van der Waals surface area (Å²) in [5, 5.41) is 10.6. The summed E-state index contributed by atoms with van der Waals surface area (Å²) >= 11 is 0. The molecular weight excluding hydrogens is 840 g/mol. The molecule has 0 N–H and O–H groups in total. The molecular formula is C60H41B2N5Si. The maximum atomic E-state index is 4.90. The maximum absolute atomic E-state index is 4.90. The van der Waals surface area contributed by atoms with Crippen molar-refractivity contribution in [1.82, 2.24) is 13.9 Å². The molecule has 3 aliphatic heterocycles. The Kier molecular flexibility index (Phi) is 7.85. The van der Waals surface area contributed by atoms with Gasteiger partial charge in [0.25, 0.3) is 0 Å². The van der Waals surface area contributed by atoms with Crippen molar-refractivity contribution >= 4 is 115 Å². The van der Waals surface area contributed by atoms with Gasteiger partial charge >= 0.3 is 14.0 Å². The maximum Gasteiger partial charge on any atom is 0.421 e. The standard InChI is InChI=1S/C60H41B2N5Si/c1-61-64(56-34-17-12-28-48(56)52-30-18-19-35-63-52)57-38-42(36-49-46-26-10-15-32-54(46)66(61)59(49)57)68(40-20-4-2-5-21-40,41-22-6-3-7-23-41)43-37-50-47-27-11-16-33-55(47)67-60(50)58(39-43)65-53-31-14-9-25-45(53)44-24-8-13-29-51(44)62(65)67/h2-39H,1H3. The summed E-state index contributed by atoms with van der Waals surface area (Å²) < 4.78 is 5.20. The van der Waals surface area contributed by atoms with Crippen molar-refractivity contribution in [2.24, 2.45) is 0 Å². The van der Waals surface area contributed by atoms with E-state index in [1.165, 1.54) is 98.0 Å². The van der Waals surface area contributed by atoms with Crippen molar-refractivity contribution in [3.63, 3.8) is 0 Å². The summed E-state index contributed by atoms with van der Waals surface area (Å²) in [6.07, 6.45) is 1.90. The molecule has 12 aromatic rings. The largest absolute Gasteiger partial charge is 0.421 e. The number of para-hydroxylation sites is 4. The third kappa shape index (κ3) is 4.89. The number of anilines is 4. The average Bonchev–Trinajstić information content (AvgIpc) is 4.13. The van der Waals surface area contributed by atoms with Crippen LogP contribution < -0.4 is 35.8 Å². The van der Waals surface area contributed by atoms with Crippen molar-refractivity contribution in [3.8, 4) is 22.4 Å². The minimum absolute atomic E-state index is 0.000740. The molecule has 0 spiro atoms. The van der Waals surface area contributed by atoms with Gasteiger partial charge < -0.3 is 18.6 Å². The lowest BCUT2D eigenvalue weighted by Gasteiger charge is -2.37. The average molecular weight is 882 g/mol. The number of nitrogens with zero attached hydrogens (tertiary/aromatic N) is 5. The van der Waals surface area contributed by atoms with Crippen LogP contribution in [0, 0.1) is 0 Å². The van der Waals surface area contributed by atoms with Crippen LogP contribution in [0.15, 0.2) is 231 Å². The molecule has 5 nitrogen and oxygen atoms in total. The first-order valence-corrected chi connectivity index (χ1v) is 25.7. The van der Waals surface area contributed by atoms with Crippen LogP contribution in [-0.4, -0.2) is 36.0 Å². The van der Waals surface area contributed by atoms with Gasteiger partial charge in [-0.15, -0.1) is 0 Å². The van der Waals surface area contributed by atoms with Crippen molar-refractivity contribution in [3.05, 3.63) is 231 Å². The fraction of sp³-hybridized carbons (Fsp3) is 0.0167. The number of pyridine rings is 1. The number of hydrogen-bond donors (Lipinski definition) is 0. The van der Waals surface area contributed by atoms with Crippen LogP contribution in [0.5, 0.6) is 0 Å². The summed E-state index contributed by atoms with van der Waals surface area (Å²) in [6, 6.07) is 84.6. The molecule has 0 unspecified atom stereocenters. The molecule has 316 valence electrons. The first-order valence-electron chi connectivity index (χ1n) is 23.7. The predicted molar refractivity (Wildman–Crippen MR) is 290 cm³/mol. The summed E-state index contributed by atoms with van der Waals surface area (Å²) in [6.45, 7) is 2.32. The topological polar surface area (TPSA) is 29.2 Å². The fourth-order valence-electron chi connectivity index (χ4n) is 12.8. The third-order valence-electron chi connectivity index (χ3n) is 15.4. The van der Waals surface area contributed by atoms with Gasteiger partial charge in [-0.25, -0.2) is 0 Å². The molecule has 9 aromatic carbocycles. The van der Waals surface area contributed by atoms with Crippen molar-refractivity contribution in [1.29, 1.82) is 0 Å². The zero-order valence-corrected chi connectivity index (χ0v) is 38.3. The van der Waals surface area contributed by atoms with Gasteiger partial charge in [0.15, 0.2) is 8.07 Å². The smallest absolute Gasteiger partial charge is 0.364 e. The van der Waals surface area contributed by atoms with Crippen molar-refractivity contribution < 1.29 is 0 Å². The van der Waals surface area contributed by atoms with E-state index < -0.39 is 8.07 Å². The minimum Gasteiger partial charge on any atom is -0.364 e. The minimum atomic E-state index is -3.24. The van der Waals surface area contributed by atoms with E-state index in [-0.39, 0.29) is 14.0 Å². The monoisotopic (exact) mass is 881 g/mol. The lowest BCUT2D eigenvalue weighted by molar-refractivity contribution is 1.29. The Balaban J connectivity index is 1.09. The van der Waals surface area contributed by atoms with Gasteiger partial charge in [0.1, 0.15) is 0 Å². The molecule has 3 aliphatic rings. The van der Waals surface area contributed by atoms with Gasteiger partial charge in [0.2, 0.25) is 0 Å². The summed E-state index contributed by atoms with van der Waals surface area (Å²) in [4.78, 5) is 10.1. The first-order chi connectivity index (χ1) is 33.7. The molecule has 0 atom stereocenters. The second kappa shape index (κ2) is 14.1. The molecule has 0 aliphatic carbocycles. The van der Waals surface area contributed by atoms with Gasteiger partial charge in [-0.3, -0.25) is 4.98 Å². The molecule has 0 fully saturated rings. The lowest BCUT2D eigenvalue weighted by Crippen LogP contribution is -2.74. The van der Waals surface area contributed by atoms with Crippen molar-refractivity contribution in [2.75, 3.05) is 9.62 Å². The Hall–Kier alpha value is -8.32. The lowest BCUT2D eigenvalue weighted by atomic mass is 9.60. The van der Waals surface area contributed by atoms with Gasteiger partial charge in [0, 0.05) is 61.3 Å². The Morgan fingerprint density at radius 1 is 0.382 bits per heavy atom. The first kappa shape index (κ1) is 37.9. The Bertz CT molecular complexity index is 4000. The molecule has 0 amide bonds. The van der Waals surface area contributed by atoms with E-state index in [2.05, 4.69) is 244 Å². The van der Waals surface area contributed by atoms with Crippen LogP contribution in [0.25, 0.3) is 66.0 Å². The van der Waals surface area contributed by atoms with E-state index in [0.29, 0.717) is 0 Å².